The van der Waals surface area contributed by atoms with Crippen molar-refractivity contribution < 1.29 is 28.7 Å². The molecule has 0 heterocycles. The zero-order chi connectivity index (χ0) is 40.7. The normalized spacial score (nSPS) is 11.5. The Morgan fingerprint density at radius 3 is 1.21 bits per heavy atom. The molecule has 0 fully saturated rings. The van der Waals surface area contributed by atoms with Crippen LogP contribution in [0.2, 0.25) is 0 Å². The summed E-state index contributed by atoms with van der Waals surface area (Å²) in [5.41, 5.74) is 2.48. The summed E-state index contributed by atoms with van der Waals surface area (Å²) < 4.78 is 11.7. The predicted octanol–water partition coefficient (Wildman–Crippen LogP) is 8.05. The Kier molecular flexibility index (Phi) is 14.0. The van der Waals surface area contributed by atoms with E-state index in [0.29, 0.717) is 37.2 Å². The highest BCUT2D eigenvalue weighted by Crippen LogP contribution is 2.31. The van der Waals surface area contributed by atoms with Gasteiger partial charge in [-0.3, -0.25) is 19.2 Å². The Hall–Kier alpha value is -7.20. The second kappa shape index (κ2) is 20.1. The molecule has 0 radical (unpaired) electrons. The zero-order valence-corrected chi connectivity index (χ0v) is 32.5. The molecule has 10 nitrogen and oxygen atoms in total. The van der Waals surface area contributed by atoms with E-state index in [1.54, 1.807) is 60.7 Å². The molecule has 0 aromatic heterocycles. The number of fused-ring (bicyclic) bond motifs is 2. The molecule has 6 aromatic rings. The minimum Gasteiger partial charge on any atom is -0.493 e. The van der Waals surface area contributed by atoms with E-state index in [4.69, 9.17) is 9.47 Å². The van der Waals surface area contributed by atoms with Crippen LogP contribution in [0.4, 0.5) is 0 Å². The maximum absolute atomic E-state index is 13.6. The Morgan fingerprint density at radius 2 is 0.828 bits per heavy atom. The van der Waals surface area contributed by atoms with Crippen molar-refractivity contribution in [1.82, 2.24) is 21.3 Å². The summed E-state index contributed by atoms with van der Waals surface area (Å²) in [5.74, 6) is -0.284. The summed E-state index contributed by atoms with van der Waals surface area (Å²) >= 11 is 0. The summed E-state index contributed by atoms with van der Waals surface area (Å²) in [6.45, 7) is 5.42. The van der Waals surface area contributed by atoms with Crippen LogP contribution in [-0.4, -0.2) is 49.9 Å². The van der Waals surface area contributed by atoms with E-state index in [1.807, 2.05) is 98.8 Å². The molecule has 10 heteroatoms. The smallest absolute Gasteiger partial charge is 0.267 e. The van der Waals surface area contributed by atoms with Crippen LogP contribution in [0.1, 0.15) is 58.5 Å². The van der Waals surface area contributed by atoms with Gasteiger partial charge in [-0.05, 0) is 97.1 Å². The lowest BCUT2D eigenvalue weighted by Crippen LogP contribution is -2.36. The molecule has 0 aliphatic heterocycles. The van der Waals surface area contributed by atoms with Crippen molar-refractivity contribution in [3.63, 3.8) is 0 Å². The fraction of sp³-hybridized carbons (Fsp3) is 0.167. The molecule has 294 valence electrons. The van der Waals surface area contributed by atoms with Gasteiger partial charge in [-0.15, -0.1) is 0 Å². The molecule has 4 amide bonds. The maximum Gasteiger partial charge on any atom is 0.267 e. The van der Waals surface area contributed by atoms with E-state index in [1.165, 1.54) is 0 Å². The number of rotatable bonds is 17. The SMILES string of the molecule is CCOc1ccc(C=C(NC(=O)c2ccccc2)C(=O)NCCCCNC(=O)C(=Cc2ccc(OCC)c3ccccc23)NC(=O)c2ccccc2)c2ccccc12. The van der Waals surface area contributed by atoms with Gasteiger partial charge < -0.3 is 30.7 Å². The van der Waals surface area contributed by atoms with Crippen molar-refractivity contribution in [2.75, 3.05) is 26.3 Å². The maximum atomic E-state index is 13.6. The van der Waals surface area contributed by atoms with E-state index >= 15 is 0 Å². The molecular formula is C48H46N4O6. The van der Waals surface area contributed by atoms with E-state index in [0.717, 1.165) is 44.2 Å². The molecule has 0 spiro atoms. The number of nitrogens with one attached hydrogen (secondary N) is 4. The largest absolute Gasteiger partial charge is 0.493 e. The van der Waals surface area contributed by atoms with Gasteiger partial charge in [0.2, 0.25) is 0 Å². The Balaban J connectivity index is 1.13. The van der Waals surface area contributed by atoms with E-state index in [9.17, 15) is 19.2 Å². The van der Waals surface area contributed by atoms with Crippen molar-refractivity contribution in [3.05, 3.63) is 167 Å². The van der Waals surface area contributed by atoms with Crippen LogP contribution in [0, 0.1) is 0 Å². The van der Waals surface area contributed by atoms with E-state index < -0.39 is 23.6 Å². The van der Waals surface area contributed by atoms with Crippen LogP contribution in [0.25, 0.3) is 33.7 Å². The number of ether oxygens (including phenoxy) is 2. The Labute approximate surface area is 337 Å². The second-order valence-electron chi connectivity index (χ2n) is 13.2. The predicted molar refractivity (Wildman–Crippen MR) is 229 cm³/mol. The minimum absolute atomic E-state index is 0.0854. The number of carbonyl (C=O) groups excluding carboxylic acids is 4. The average molecular weight is 775 g/mol. The van der Waals surface area contributed by atoms with Crippen molar-refractivity contribution in [1.29, 1.82) is 0 Å². The summed E-state index contributed by atoms with van der Waals surface area (Å²) in [6.07, 6.45) is 4.38. The lowest BCUT2D eigenvalue weighted by molar-refractivity contribution is -0.118. The Morgan fingerprint density at radius 1 is 0.466 bits per heavy atom. The number of amides is 4. The monoisotopic (exact) mass is 774 g/mol. The second-order valence-corrected chi connectivity index (χ2v) is 13.2. The topological polar surface area (TPSA) is 135 Å². The average Bonchev–Trinajstić information content (AvgIpc) is 3.26. The summed E-state index contributed by atoms with van der Waals surface area (Å²) in [5, 5.41) is 15.0. The molecular weight excluding hydrogens is 729 g/mol. The number of unbranched alkanes of at least 4 members (excludes halogenated alkanes) is 1. The highest BCUT2D eigenvalue weighted by Gasteiger charge is 2.18. The summed E-state index contributed by atoms with van der Waals surface area (Å²) in [7, 11) is 0. The lowest BCUT2D eigenvalue weighted by Gasteiger charge is -2.14. The van der Waals surface area contributed by atoms with E-state index in [-0.39, 0.29) is 24.5 Å². The highest BCUT2D eigenvalue weighted by molar-refractivity contribution is 6.08. The van der Waals surface area contributed by atoms with Crippen LogP contribution < -0.4 is 30.7 Å². The quantitative estimate of drug-likeness (QED) is 0.0548. The van der Waals surface area contributed by atoms with Crippen LogP contribution in [-0.2, 0) is 9.59 Å². The molecule has 0 saturated carbocycles. The first-order valence-electron chi connectivity index (χ1n) is 19.4. The first kappa shape index (κ1) is 40.5. The molecule has 6 aromatic carbocycles. The molecule has 6 rings (SSSR count). The number of hydrogen-bond acceptors (Lipinski definition) is 6. The highest BCUT2D eigenvalue weighted by atomic mass is 16.5. The standard InChI is InChI=1S/C48H46N4O6/c1-3-57-43-27-25-35(37-21-11-13-23-39(37)43)31-41(51-45(53)33-17-7-5-8-18-33)47(55)49-29-15-16-30-50-48(56)42(52-46(54)34-19-9-6-10-20-34)32-36-26-28-44(58-4-2)40-24-14-12-22-38(36)40/h5-14,17-28,31-32H,3-4,15-16,29-30H2,1-2H3,(H,49,55)(H,50,56)(H,51,53)(H,52,54). The van der Waals surface area contributed by atoms with Crippen molar-refractivity contribution in [3.8, 4) is 11.5 Å². The molecule has 0 bridgehead atoms. The van der Waals surface area contributed by atoms with Crippen molar-refractivity contribution >= 4 is 57.3 Å². The number of hydrogen-bond donors (Lipinski definition) is 4. The van der Waals surface area contributed by atoms with E-state index in [2.05, 4.69) is 21.3 Å². The van der Waals surface area contributed by atoms with Gasteiger partial charge in [0.05, 0.1) is 13.2 Å². The van der Waals surface area contributed by atoms with Crippen molar-refractivity contribution in [2.24, 2.45) is 0 Å². The first-order chi connectivity index (χ1) is 28.4. The molecule has 0 unspecified atom stereocenters. The van der Waals surface area contributed by atoms with Gasteiger partial charge in [0.1, 0.15) is 22.9 Å². The lowest BCUT2D eigenvalue weighted by atomic mass is 10.0. The zero-order valence-electron chi connectivity index (χ0n) is 32.5. The summed E-state index contributed by atoms with van der Waals surface area (Å²) in [6, 6.07) is 40.3. The van der Waals surface area contributed by atoms with Gasteiger partial charge in [-0.1, -0.05) is 97.1 Å². The van der Waals surface area contributed by atoms with Gasteiger partial charge in [0, 0.05) is 35.0 Å². The van der Waals surface area contributed by atoms with Crippen LogP contribution in [0.3, 0.4) is 0 Å². The fourth-order valence-electron chi connectivity index (χ4n) is 6.44. The Bertz CT molecular complexity index is 2290. The molecule has 0 saturated heterocycles. The number of carbonyl (C=O) groups is 4. The van der Waals surface area contributed by atoms with Gasteiger partial charge in [0.25, 0.3) is 23.6 Å². The van der Waals surface area contributed by atoms with Crippen LogP contribution >= 0.6 is 0 Å². The van der Waals surface area contributed by atoms with Crippen LogP contribution in [0.15, 0.2) is 145 Å². The van der Waals surface area contributed by atoms with Gasteiger partial charge in [0.15, 0.2) is 0 Å². The van der Waals surface area contributed by atoms with Gasteiger partial charge in [-0.2, -0.15) is 0 Å². The third-order valence-electron chi connectivity index (χ3n) is 9.27. The minimum atomic E-state index is -0.456. The molecule has 0 aliphatic carbocycles. The first-order valence-corrected chi connectivity index (χ1v) is 19.4. The van der Waals surface area contributed by atoms with Crippen LogP contribution in [0.5, 0.6) is 11.5 Å². The third kappa shape index (κ3) is 10.3. The molecule has 0 atom stereocenters. The van der Waals surface area contributed by atoms with Gasteiger partial charge in [-0.25, -0.2) is 0 Å². The molecule has 4 N–H and O–H groups in total. The molecule has 0 aliphatic rings. The van der Waals surface area contributed by atoms with Gasteiger partial charge >= 0.3 is 0 Å². The third-order valence-corrected chi connectivity index (χ3v) is 9.27. The fourth-order valence-corrected chi connectivity index (χ4v) is 6.44. The number of benzene rings is 6. The molecule has 58 heavy (non-hydrogen) atoms. The summed E-state index contributed by atoms with van der Waals surface area (Å²) in [4.78, 5) is 53.8. The van der Waals surface area contributed by atoms with Crippen molar-refractivity contribution in [2.45, 2.75) is 26.7 Å².